The first-order valence-electron chi connectivity index (χ1n) is 5.88. The molecule has 0 aliphatic carbocycles. The second kappa shape index (κ2) is 5.62. The highest BCUT2D eigenvalue weighted by molar-refractivity contribution is 5.97. The number of pyridine rings is 1. The van der Waals surface area contributed by atoms with Gasteiger partial charge in [0.1, 0.15) is 11.2 Å². The number of nitrogens with one attached hydrogen (secondary N) is 1. The van der Waals surface area contributed by atoms with Crippen molar-refractivity contribution in [2.75, 3.05) is 0 Å². The summed E-state index contributed by atoms with van der Waals surface area (Å²) in [5, 5.41) is 11.7. The molecule has 98 valence electrons. The van der Waals surface area contributed by atoms with Crippen LogP contribution in [0.4, 0.5) is 0 Å². The van der Waals surface area contributed by atoms with E-state index in [1.807, 2.05) is 6.92 Å². The van der Waals surface area contributed by atoms with Gasteiger partial charge in [-0.2, -0.15) is 0 Å². The molecular formula is C13H18N2O3. The zero-order valence-corrected chi connectivity index (χ0v) is 10.9. The number of aromatic nitrogens is 1. The smallest absolute Gasteiger partial charge is 0.329 e. The highest BCUT2D eigenvalue weighted by atomic mass is 16.4. The monoisotopic (exact) mass is 250 g/mol. The number of aryl methyl sites for hydroxylation is 1. The molecule has 0 aliphatic heterocycles. The van der Waals surface area contributed by atoms with Gasteiger partial charge in [-0.3, -0.25) is 9.78 Å². The number of hydrogen-bond acceptors (Lipinski definition) is 3. The van der Waals surface area contributed by atoms with Crippen LogP contribution in [0, 0.1) is 6.92 Å². The lowest BCUT2D eigenvalue weighted by atomic mass is 9.96. The molecule has 0 aliphatic rings. The average molecular weight is 250 g/mol. The minimum Gasteiger partial charge on any atom is -0.480 e. The molecule has 18 heavy (non-hydrogen) atoms. The molecule has 2 N–H and O–H groups in total. The van der Waals surface area contributed by atoms with Gasteiger partial charge in [-0.15, -0.1) is 0 Å². The Balaban J connectivity index is 2.93. The summed E-state index contributed by atoms with van der Waals surface area (Å²) in [6.45, 7) is 5.15. The minimum atomic E-state index is -1.25. The van der Waals surface area contributed by atoms with Crippen molar-refractivity contribution in [1.82, 2.24) is 10.3 Å². The van der Waals surface area contributed by atoms with E-state index in [0.29, 0.717) is 12.8 Å². The number of carboxylic acid groups (broad SMARTS) is 1. The van der Waals surface area contributed by atoms with Crippen molar-refractivity contribution < 1.29 is 14.7 Å². The van der Waals surface area contributed by atoms with E-state index in [4.69, 9.17) is 0 Å². The van der Waals surface area contributed by atoms with E-state index >= 15 is 0 Å². The van der Waals surface area contributed by atoms with Gasteiger partial charge in [0.15, 0.2) is 0 Å². The number of carbonyl (C=O) groups is 2. The number of carboxylic acids is 1. The zero-order chi connectivity index (χ0) is 13.8. The Bertz CT molecular complexity index is 459. The Kier molecular flexibility index (Phi) is 4.42. The van der Waals surface area contributed by atoms with Gasteiger partial charge in [-0.25, -0.2) is 4.79 Å². The molecule has 1 aromatic rings. The number of nitrogens with zero attached hydrogens (tertiary/aromatic N) is 1. The number of amides is 1. The van der Waals surface area contributed by atoms with Crippen LogP contribution in [0.2, 0.25) is 0 Å². The Morgan fingerprint density at radius 1 is 1.50 bits per heavy atom. The Labute approximate surface area is 106 Å². The summed E-state index contributed by atoms with van der Waals surface area (Å²) in [6, 6.07) is 3.49. The molecule has 0 spiro atoms. The molecule has 1 rings (SSSR count). The van der Waals surface area contributed by atoms with Gasteiger partial charge in [0.05, 0.1) is 0 Å². The first kappa shape index (κ1) is 14.2. The normalized spacial score (nSPS) is 13.7. The number of carbonyl (C=O) groups excluding carboxylic acids is 1. The zero-order valence-electron chi connectivity index (χ0n) is 10.9. The topological polar surface area (TPSA) is 79.3 Å². The van der Waals surface area contributed by atoms with Crippen LogP contribution in [0.3, 0.4) is 0 Å². The molecule has 0 saturated heterocycles. The standard InChI is InChI=1S/C13H18N2O3/c1-4-7-13(3,12(17)18)15-11(16)10-9(2)6-5-8-14-10/h5-6,8H,4,7H2,1-3H3,(H,15,16)(H,17,18). The first-order chi connectivity index (χ1) is 8.40. The summed E-state index contributed by atoms with van der Waals surface area (Å²) < 4.78 is 0. The van der Waals surface area contributed by atoms with Crippen molar-refractivity contribution in [1.29, 1.82) is 0 Å². The third-order valence-electron chi connectivity index (χ3n) is 2.84. The summed E-state index contributed by atoms with van der Waals surface area (Å²) in [5.74, 6) is -1.49. The van der Waals surface area contributed by atoms with Gasteiger partial charge in [0, 0.05) is 6.20 Å². The lowest BCUT2D eigenvalue weighted by Crippen LogP contribution is -2.52. The van der Waals surface area contributed by atoms with E-state index in [1.54, 1.807) is 19.1 Å². The van der Waals surface area contributed by atoms with E-state index < -0.39 is 17.4 Å². The second-order valence-electron chi connectivity index (χ2n) is 4.51. The fourth-order valence-electron chi connectivity index (χ4n) is 1.76. The molecule has 0 aromatic carbocycles. The second-order valence-corrected chi connectivity index (χ2v) is 4.51. The SMILES string of the molecule is CCCC(C)(NC(=O)c1ncccc1C)C(=O)O. The molecule has 1 unspecified atom stereocenters. The number of hydrogen-bond donors (Lipinski definition) is 2. The fourth-order valence-corrected chi connectivity index (χ4v) is 1.76. The Hall–Kier alpha value is -1.91. The van der Waals surface area contributed by atoms with Crippen molar-refractivity contribution in [2.24, 2.45) is 0 Å². The maximum atomic E-state index is 12.0. The van der Waals surface area contributed by atoms with E-state index in [2.05, 4.69) is 10.3 Å². The van der Waals surface area contributed by atoms with Crippen molar-refractivity contribution in [3.63, 3.8) is 0 Å². The van der Waals surface area contributed by atoms with Crippen LogP contribution in [0.1, 0.15) is 42.7 Å². The van der Waals surface area contributed by atoms with Crippen LogP contribution in [-0.4, -0.2) is 27.5 Å². The maximum Gasteiger partial charge on any atom is 0.329 e. The third-order valence-corrected chi connectivity index (χ3v) is 2.84. The van der Waals surface area contributed by atoms with E-state index in [1.165, 1.54) is 13.1 Å². The fraction of sp³-hybridized carbons (Fsp3) is 0.462. The Morgan fingerprint density at radius 3 is 2.67 bits per heavy atom. The van der Waals surface area contributed by atoms with E-state index in [0.717, 1.165) is 5.56 Å². The van der Waals surface area contributed by atoms with E-state index in [-0.39, 0.29) is 5.69 Å². The summed E-state index contributed by atoms with van der Waals surface area (Å²) in [6.07, 6.45) is 2.56. The molecule has 5 nitrogen and oxygen atoms in total. The van der Waals surface area contributed by atoms with Gasteiger partial charge in [-0.05, 0) is 31.9 Å². The van der Waals surface area contributed by atoms with Gasteiger partial charge in [-0.1, -0.05) is 19.4 Å². The molecule has 1 aromatic heterocycles. The van der Waals surface area contributed by atoms with Crippen molar-refractivity contribution >= 4 is 11.9 Å². The summed E-state index contributed by atoms with van der Waals surface area (Å²) >= 11 is 0. The predicted octanol–water partition coefficient (Wildman–Crippen LogP) is 1.76. The predicted molar refractivity (Wildman–Crippen MR) is 67.4 cm³/mol. The quantitative estimate of drug-likeness (QED) is 0.834. The highest BCUT2D eigenvalue weighted by Gasteiger charge is 2.34. The van der Waals surface area contributed by atoms with Crippen LogP contribution in [0.5, 0.6) is 0 Å². The van der Waals surface area contributed by atoms with Gasteiger partial charge >= 0.3 is 5.97 Å². The van der Waals surface area contributed by atoms with Gasteiger partial charge < -0.3 is 10.4 Å². The van der Waals surface area contributed by atoms with Gasteiger partial charge in [0.2, 0.25) is 0 Å². The summed E-state index contributed by atoms with van der Waals surface area (Å²) in [5.41, 5.74) is -0.268. The molecule has 1 amide bonds. The van der Waals surface area contributed by atoms with Crippen molar-refractivity contribution in [3.8, 4) is 0 Å². The van der Waals surface area contributed by atoms with Gasteiger partial charge in [0.25, 0.3) is 5.91 Å². The van der Waals surface area contributed by atoms with Crippen LogP contribution in [0.25, 0.3) is 0 Å². The van der Waals surface area contributed by atoms with Crippen LogP contribution < -0.4 is 5.32 Å². The van der Waals surface area contributed by atoms with Crippen molar-refractivity contribution in [3.05, 3.63) is 29.6 Å². The minimum absolute atomic E-state index is 0.265. The Morgan fingerprint density at radius 2 is 2.17 bits per heavy atom. The average Bonchev–Trinajstić information content (AvgIpc) is 2.29. The molecule has 0 radical (unpaired) electrons. The van der Waals surface area contributed by atoms with E-state index in [9.17, 15) is 14.7 Å². The maximum absolute atomic E-state index is 12.0. The molecule has 1 atom stereocenters. The summed E-state index contributed by atoms with van der Waals surface area (Å²) in [4.78, 5) is 27.2. The first-order valence-corrected chi connectivity index (χ1v) is 5.88. The van der Waals surface area contributed by atoms with Crippen LogP contribution in [-0.2, 0) is 4.79 Å². The third kappa shape index (κ3) is 3.06. The molecule has 0 bridgehead atoms. The number of rotatable bonds is 5. The van der Waals surface area contributed by atoms with Crippen LogP contribution >= 0.6 is 0 Å². The van der Waals surface area contributed by atoms with Crippen LogP contribution in [0.15, 0.2) is 18.3 Å². The highest BCUT2D eigenvalue weighted by Crippen LogP contribution is 2.14. The molecule has 0 saturated carbocycles. The molecule has 1 heterocycles. The molecule has 5 heteroatoms. The molecule has 0 fully saturated rings. The largest absolute Gasteiger partial charge is 0.480 e. The number of aliphatic carboxylic acids is 1. The molecular weight excluding hydrogens is 232 g/mol. The lowest BCUT2D eigenvalue weighted by molar-refractivity contribution is -0.144. The summed E-state index contributed by atoms with van der Waals surface area (Å²) in [7, 11) is 0. The lowest BCUT2D eigenvalue weighted by Gasteiger charge is -2.25. The van der Waals surface area contributed by atoms with Crippen molar-refractivity contribution in [2.45, 2.75) is 39.2 Å².